The molecule has 0 saturated carbocycles. The summed E-state index contributed by atoms with van der Waals surface area (Å²) in [5.41, 5.74) is 2.85. The lowest BCUT2D eigenvalue weighted by molar-refractivity contribution is -0.143. The fraction of sp³-hybridized carbons (Fsp3) is 0.462. The Morgan fingerprint density at radius 3 is 2.39 bits per heavy atom. The molecular formula is C26H35NO4. The Balaban J connectivity index is 1.92. The van der Waals surface area contributed by atoms with Gasteiger partial charge >= 0.3 is 5.97 Å². The normalized spacial score (nSPS) is 10.5. The van der Waals surface area contributed by atoms with Crippen molar-refractivity contribution in [3.8, 4) is 5.75 Å². The number of amides is 1. The molecule has 5 nitrogen and oxygen atoms in total. The fourth-order valence-corrected chi connectivity index (χ4v) is 3.35. The van der Waals surface area contributed by atoms with Crippen LogP contribution in [0.25, 0.3) is 0 Å². The summed E-state index contributed by atoms with van der Waals surface area (Å²) in [6.45, 7) is 8.13. The zero-order valence-electron chi connectivity index (χ0n) is 19.1. The molecule has 0 spiro atoms. The number of carbonyl (C=O) groups is 2. The summed E-state index contributed by atoms with van der Waals surface area (Å²) >= 11 is 0. The van der Waals surface area contributed by atoms with E-state index in [2.05, 4.69) is 6.92 Å². The van der Waals surface area contributed by atoms with Crippen molar-refractivity contribution in [1.82, 2.24) is 4.90 Å². The Hall–Kier alpha value is -2.82. The van der Waals surface area contributed by atoms with E-state index in [0.29, 0.717) is 38.3 Å². The number of para-hydroxylation sites is 1. The van der Waals surface area contributed by atoms with Gasteiger partial charge in [0.15, 0.2) is 0 Å². The molecule has 0 fully saturated rings. The van der Waals surface area contributed by atoms with E-state index in [9.17, 15) is 9.59 Å². The van der Waals surface area contributed by atoms with Gasteiger partial charge in [-0.2, -0.15) is 0 Å². The predicted octanol–water partition coefficient (Wildman–Crippen LogP) is 5.55. The Kier molecular flexibility index (Phi) is 10.6. The Morgan fingerprint density at radius 2 is 1.68 bits per heavy atom. The molecule has 0 aliphatic carbocycles. The summed E-state index contributed by atoms with van der Waals surface area (Å²) in [4.78, 5) is 26.3. The Morgan fingerprint density at radius 1 is 0.935 bits per heavy atom. The largest absolute Gasteiger partial charge is 0.493 e. The summed E-state index contributed by atoms with van der Waals surface area (Å²) < 4.78 is 11.0. The minimum atomic E-state index is -0.136. The maximum atomic E-state index is 13.0. The van der Waals surface area contributed by atoms with Gasteiger partial charge in [-0.1, -0.05) is 42.8 Å². The molecule has 0 radical (unpaired) electrons. The van der Waals surface area contributed by atoms with Crippen LogP contribution in [-0.2, 0) is 16.1 Å². The lowest BCUT2D eigenvalue weighted by Gasteiger charge is -2.24. The molecule has 2 aromatic rings. The van der Waals surface area contributed by atoms with Crippen molar-refractivity contribution in [3.05, 3.63) is 65.2 Å². The average Bonchev–Trinajstić information content (AvgIpc) is 2.77. The minimum absolute atomic E-state index is 0.0376. The smallest absolute Gasteiger partial charge is 0.305 e. The summed E-state index contributed by atoms with van der Waals surface area (Å²) in [6, 6.07) is 15.6. The van der Waals surface area contributed by atoms with E-state index in [1.54, 1.807) is 0 Å². The molecule has 2 rings (SSSR count). The van der Waals surface area contributed by atoms with Gasteiger partial charge in [-0.15, -0.1) is 0 Å². The highest BCUT2D eigenvalue weighted by Crippen LogP contribution is 2.22. The van der Waals surface area contributed by atoms with Crippen molar-refractivity contribution in [3.63, 3.8) is 0 Å². The number of ether oxygens (including phenoxy) is 2. The van der Waals surface area contributed by atoms with E-state index in [4.69, 9.17) is 9.47 Å². The molecule has 0 aromatic heterocycles. The first kappa shape index (κ1) is 24.4. The maximum Gasteiger partial charge on any atom is 0.305 e. The molecular weight excluding hydrogens is 390 g/mol. The van der Waals surface area contributed by atoms with Gasteiger partial charge in [0.05, 0.1) is 13.2 Å². The van der Waals surface area contributed by atoms with Gasteiger partial charge in [0.2, 0.25) is 0 Å². The molecule has 0 heterocycles. The standard InChI is InChI=1S/C26H35NO4/c1-4-18-27(26(29)22-16-14-21(3)15-17-22)20-23-11-8-9-12-24(23)31-19-10-6-7-13-25(28)30-5-2/h8-9,11-12,14-17H,4-7,10,13,18-20H2,1-3H3. The number of nitrogens with zero attached hydrogens (tertiary/aromatic N) is 1. The van der Waals surface area contributed by atoms with Crippen LogP contribution in [0.2, 0.25) is 0 Å². The van der Waals surface area contributed by atoms with Gasteiger partial charge in [0.1, 0.15) is 5.75 Å². The molecule has 0 bridgehead atoms. The monoisotopic (exact) mass is 425 g/mol. The van der Waals surface area contributed by atoms with Crippen LogP contribution in [0.5, 0.6) is 5.75 Å². The first-order valence-electron chi connectivity index (χ1n) is 11.3. The molecule has 0 atom stereocenters. The van der Waals surface area contributed by atoms with E-state index in [1.165, 1.54) is 0 Å². The maximum absolute atomic E-state index is 13.0. The molecule has 0 saturated heterocycles. The molecule has 168 valence electrons. The van der Waals surface area contributed by atoms with Gasteiger partial charge in [0, 0.05) is 30.6 Å². The topological polar surface area (TPSA) is 55.8 Å². The van der Waals surface area contributed by atoms with E-state index in [1.807, 2.05) is 67.3 Å². The lowest BCUT2D eigenvalue weighted by Crippen LogP contribution is -2.31. The second kappa shape index (κ2) is 13.5. The number of rotatable bonds is 13. The van der Waals surface area contributed by atoms with Crippen LogP contribution < -0.4 is 4.74 Å². The van der Waals surface area contributed by atoms with Crippen LogP contribution >= 0.6 is 0 Å². The highest BCUT2D eigenvalue weighted by Gasteiger charge is 2.17. The molecule has 0 unspecified atom stereocenters. The number of hydrogen-bond acceptors (Lipinski definition) is 4. The molecule has 31 heavy (non-hydrogen) atoms. The fourth-order valence-electron chi connectivity index (χ4n) is 3.35. The van der Waals surface area contributed by atoms with Crippen LogP contribution in [0.15, 0.2) is 48.5 Å². The van der Waals surface area contributed by atoms with E-state index in [-0.39, 0.29) is 11.9 Å². The quantitative estimate of drug-likeness (QED) is 0.312. The molecule has 0 aliphatic heterocycles. The number of aryl methyl sites for hydroxylation is 1. The third-order valence-corrected chi connectivity index (χ3v) is 5.00. The average molecular weight is 426 g/mol. The highest BCUT2D eigenvalue weighted by molar-refractivity contribution is 5.94. The number of esters is 1. The van der Waals surface area contributed by atoms with Crippen molar-refractivity contribution in [2.75, 3.05) is 19.8 Å². The number of unbranched alkanes of at least 4 members (excludes halogenated alkanes) is 2. The van der Waals surface area contributed by atoms with Crippen molar-refractivity contribution >= 4 is 11.9 Å². The van der Waals surface area contributed by atoms with Gasteiger partial charge < -0.3 is 14.4 Å². The molecule has 0 N–H and O–H groups in total. The van der Waals surface area contributed by atoms with E-state index in [0.717, 1.165) is 42.6 Å². The zero-order chi connectivity index (χ0) is 22.5. The van der Waals surface area contributed by atoms with Gasteiger partial charge in [-0.3, -0.25) is 9.59 Å². The second-order valence-corrected chi connectivity index (χ2v) is 7.66. The third-order valence-electron chi connectivity index (χ3n) is 5.00. The lowest BCUT2D eigenvalue weighted by atomic mass is 10.1. The third kappa shape index (κ3) is 8.44. The van der Waals surface area contributed by atoms with Gasteiger partial charge in [-0.05, 0) is 57.7 Å². The Labute approximate surface area is 186 Å². The predicted molar refractivity (Wildman–Crippen MR) is 123 cm³/mol. The highest BCUT2D eigenvalue weighted by atomic mass is 16.5. The zero-order valence-corrected chi connectivity index (χ0v) is 19.1. The molecule has 2 aromatic carbocycles. The first-order chi connectivity index (χ1) is 15.0. The van der Waals surface area contributed by atoms with Gasteiger partial charge in [-0.25, -0.2) is 0 Å². The molecule has 5 heteroatoms. The van der Waals surface area contributed by atoms with Crippen molar-refractivity contribution < 1.29 is 19.1 Å². The summed E-state index contributed by atoms with van der Waals surface area (Å²) in [6.07, 6.45) is 3.93. The Bertz CT molecular complexity index is 816. The summed E-state index contributed by atoms with van der Waals surface area (Å²) in [5, 5.41) is 0. The first-order valence-corrected chi connectivity index (χ1v) is 11.3. The van der Waals surface area contributed by atoms with Crippen molar-refractivity contribution in [1.29, 1.82) is 0 Å². The van der Waals surface area contributed by atoms with Crippen LogP contribution in [-0.4, -0.2) is 36.5 Å². The van der Waals surface area contributed by atoms with E-state index < -0.39 is 0 Å². The van der Waals surface area contributed by atoms with Crippen molar-refractivity contribution in [2.45, 2.75) is 59.4 Å². The van der Waals surface area contributed by atoms with Crippen LogP contribution in [0.1, 0.15) is 67.4 Å². The number of benzene rings is 2. The SMILES string of the molecule is CCCN(Cc1ccccc1OCCCCCC(=O)OCC)C(=O)c1ccc(C)cc1. The summed E-state index contributed by atoms with van der Waals surface area (Å²) in [7, 11) is 0. The molecule has 1 amide bonds. The minimum Gasteiger partial charge on any atom is -0.493 e. The second-order valence-electron chi connectivity index (χ2n) is 7.66. The number of hydrogen-bond donors (Lipinski definition) is 0. The van der Waals surface area contributed by atoms with Crippen LogP contribution in [0, 0.1) is 6.92 Å². The molecule has 0 aliphatic rings. The van der Waals surface area contributed by atoms with Crippen LogP contribution in [0.4, 0.5) is 0 Å². The summed E-state index contributed by atoms with van der Waals surface area (Å²) in [5.74, 6) is 0.712. The van der Waals surface area contributed by atoms with Crippen LogP contribution in [0.3, 0.4) is 0 Å². The van der Waals surface area contributed by atoms with Crippen molar-refractivity contribution in [2.24, 2.45) is 0 Å². The van der Waals surface area contributed by atoms with E-state index >= 15 is 0 Å². The number of carbonyl (C=O) groups excluding carboxylic acids is 2. The van der Waals surface area contributed by atoms with Gasteiger partial charge in [0.25, 0.3) is 5.91 Å².